The van der Waals surface area contributed by atoms with E-state index in [0.717, 1.165) is 37.2 Å². The normalized spacial score (nSPS) is 17.1. The molecule has 1 aliphatic rings. The number of carbonyl (C=O) groups is 2. The van der Waals surface area contributed by atoms with Gasteiger partial charge in [-0.05, 0) is 44.5 Å². The zero-order chi connectivity index (χ0) is 19.4. The smallest absolute Gasteiger partial charge is 0.256 e. The largest absolute Gasteiger partial charge is 0.356 e. The number of aromatic nitrogens is 2. The van der Waals surface area contributed by atoms with Crippen LogP contribution in [0.25, 0.3) is 0 Å². The number of nitrogens with zero attached hydrogens (tertiary/aromatic N) is 3. The van der Waals surface area contributed by atoms with Gasteiger partial charge in [-0.2, -0.15) is 5.10 Å². The van der Waals surface area contributed by atoms with Crippen LogP contribution in [0.5, 0.6) is 0 Å². The van der Waals surface area contributed by atoms with Gasteiger partial charge in [-0.15, -0.1) is 0 Å². The van der Waals surface area contributed by atoms with Crippen LogP contribution in [-0.2, 0) is 18.4 Å². The van der Waals surface area contributed by atoms with Crippen LogP contribution in [0.2, 0.25) is 0 Å². The molecule has 3 rings (SSSR count). The van der Waals surface area contributed by atoms with Crippen LogP contribution in [-0.4, -0.2) is 46.1 Å². The van der Waals surface area contributed by atoms with E-state index in [1.54, 1.807) is 17.9 Å². The minimum absolute atomic E-state index is 0.0807. The minimum atomic E-state index is -0.147. The lowest BCUT2D eigenvalue weighted by molar-refractivity contribution is -0.124. The molecule has 2 heterocycles. The van der Waals surface area contributed by atoms with Crippen molar-refractivity contribution in [3.63, 3.8) is 0 Å². The number of amides is 2. The van der Waals surface area contributed by atoms with Crippen molar-refractivity contribution in [1.82, 2.24) is 20.0 Å². The van der Waals surface area contributed by atoms with E-state index in [0.29, 0.717) is 17.9 Å². The molecule has 144 valence electrons. The maximum Gasteiger partial charge on any atom is 0.256 e. The van der Waals surface area contributed by atoms with Gasteiger partial charge >= 0.3 is 0 Å². The van der Waals surface area contributed by atoms with E-state index in [1.807, 2.05) is 38.1 Å². The van der Waals surface area contributed by atoms with Crippen molar-refractivity contribution < 1.29 is 9.59 Å². The number of hydrogen-bond donors (Lipinski definition) is 2. The molecule has 2 amide bonds. The van der Waals surface area contributed by atoms with Crippen molar-refractivity contribution in [2.24, 2.45) is 13.0 Å². The van der Waals surface area contributed by atoms with Crippen LogP contribution in [0.3, 0.4) is 0 Å². The molecule has 27 heavy (non-hydrogen) atoms. The molecule has 0 radical (unpaired) electrons. The zero-order valence-electron chi connectivity index (χ0n) is 16.2. The predicted octanol–water partition coefficient (Wildman–Crippen LogP) is 1.94. The number of carbonyl (C=O) groups excluding carboxylic acids is 2. The first kappa shape index (κ1) is 19.1. The average Bonchev–Trinajstić information content (AvgIpc) is 3.24. The van der Waals surface area contributed by atoms with Crippen molar-refractivity contribution in [3.8, 4) is 0 Å². The highest BCUT2D eigenvalue weighted by atomic mass is 16.2. The minimum Gasteiger partial charge on any atom is -0.356 e. The number of aryl methyl sites for hydroxylation is 2. The van der Waals surface area contributed by atoms with Gasteiger partial charge < -0.3 is 10.6 Å². The SMILES string of the molecule is CCNC(=O)C1CCN(Cc2ccc(C(=O)Nc3c(C)cnn3C)cc2)C1. The molecule has 7 nitrogen and oxygen atoms in total. The summed E-state index contributed by atoms with van der Waals surface area (Å²) in [6, 6.07) is 7.64. The molecular formula is C20H27N5O2. The van der Waals surface area contributed by atoms with Crippen LogP contribution in [0.15, 0.2) is 30.5 Å². The summed E-state index contributed by atoms with van der Waals surface area (Å²) in [6.45, 7) is 7.03. The number of rotatable bonds is 6. The molecule has 0 saturated carbocycles. The topological polar surface area (TPSA) is 79.3 Å². The molecule has 1 unspecified atom stereocenters. The van der Waals surface area contributed by atoms with Gasteiger partial charge in [0.05, 0.1) is 12.1 Å². The number of benzene rings is 1. The second-order valence-electron chi connectivity index (χ2n) is 7.07. The molecule has 2 N–H and O–H groups in total. The average molecular weight is 369 g/mol. The second kappa shape index (κ2) is 8.35. The Kier molecular flexibility index (Phi) is 5.91. The Morgan fingerprint density at radius 1 is 1.26 bits per heavy atom. The third-order valence-electron chi connectivity index (χ3n) is 4.97. The lowest BCUT2D eigenvalue weighted by Gasteiger charge is -2.16. The van der Waals surface area contributed by atoms with Gasteiger partial charge in [0.15, 0.2) is 0 Å². The van der Waals surface area contributed by atoms with Crippen LogP contribution in [0, 0.1) is 12.8 Å². The van der Waals surface area contributed by atoms with Gasteiger partial charge in [0.1, 0.15) is 5.82 Å². The molecule has 1 saturated heterocycles. The van der Waals surface area contributed by atoms with E-state index in [2.05, 4.69) is 20.6 Å². The van der Waals surface area contributed by atoms with Crippen molar-refractivity contribution in [1.29, 1.82) is 0 Å². The molecule has 0 bridgehead atoms. The summed E-state index contributed by atoms with van der Waals surface area (Å²) in [4.78, 5) is 26.7. The van der Waals surface area contributed by atoms with Crippen molar-refractivity contribution in [2.45, 2.75) is 26.8 Å². The Morgan fingerprint density at radius 3 is 2.63 bits per heavy atom. The highest BCUT2D eigenvalue weighted by molar-refractivity contribution is 6.04. The Morgan fingerprint density at radius 2 is 2.00 bits per heavy atom. The fourth-order valence-corrected chi connectivity index (χ4v) is 3.44. The van der Waals surface area contributed by atoms with Crippen molar-refractivity contribution >= 4 is 17.6 Å². The second-order valence-corrected chi connectivity index (χ2v) is 7.07. The number of hydrogen-bond acceptors (Lipinski definition) is 4. The van der Waals surface area contributed by atoms with Gasteiger partial charge in [-0.3, -0.25) is 19.2 Å². The maximum atomic E-state index is 12.4. The van der Waals surface area contributed by atoms with Gasteiger partial charge in [0.2, 0.25) is 5.91 Å². The van der Waals surface area contributed by atoms with E-state index in [4.69, 9.17) is 0 Å². The molecule has 7 heteroatoms. The molecule has 1 fully saturated rings. The van der Waals surface area contributed by atoms with E-state index in [9.17, 15) is 9.59 Å². The summed E-state index contributed by atoms with van der Waals surface area (Å²) in [5, 5.41) is 9.94. The summed E-state index contributed by atoms with van der Waals surface area (Å²) in [7, 11) is 1.80. The predicted molar refractivity (Wildman–Crippen MR) is 104 cm³/mol. The van der Waals surface area contributed by atoms with Crippen LogP contribution >= 0.6 is 0 Å². The third kappa shape index (κ3) is 4.54. The highest BCUT2D eigenvalue weighted by Crippen LogP contribution is 2.19. The zero-order valence-corrected chi connectivity index (χ0v) is 16.2. The van der Waals surface area contributed by atoms with Gasteiger partial charge in [0, 0.05) is 37.8 Å². The fourth-order valence-electron chi connectivity index (χ4n) is 3.44. The van der Waals surface area contributed by atoms with Crippen molar-refractivity contribution in [3.05, 3.63) is 47.2 Å². The van der Waals surface area contributed by atoms with E-state index in [-0.39, 0.29) is 17.7 Å². The summed E-state index contributed by atoms with van der Waals surface area (Å²) < 4.78 is 1.65. The summed E-state index contributed by atoms with van der Waals surface area (Å²) in [5.41, 5.74) is 2.68. The van der Waals surface area contributed by atoms with Crippen LogP contribution in [0.4, 0.5) is 5.82 Å². The Labute approximate surface area is 159 Å². The first-order valence-corrected chi connectivity index (χ1v) is 9.37. The summed E-state index contributed by atoms with van der Waals surface area (Å²) in [6.07, 6.45) is 2.62. The molecule has 1 aromatic heterocycles. The molecule has 0 spiro atoms. The van der Waals surface area contributed by atoms with E-state index < -0.39 is 0 Å². The molecule has 2 aromatic rings. The molecule has 1 atom stereocenters. The number of anilines is 1. The van der Waals surface area contributed by atoms with Gasteiger partial charge in [-0.1, -0.05) is 12.1 Å². The quantitative estimate of drug-likeness (QED) is 0.816. The number of likely N-dealkylation sites (tertiary alicyclic amines) is 1. The van der Waals surface area contributed by atoms with Crippen LogP contribution < -0.4 is 10.6 Å². The van der Waals surface area contributed by atoms with Crippen LogP contribution in [0.1, 0.15) is 34.8 Å². The summed E-state index contributed by atoms with van der Waals surface area (Å²) >= 11 is 0. The molecule has 0 aliphatic carbocycles. The van der Waals surface area contributed by atoms with Gasteiger partial charge in [-0.25, -0.2) is 0 Å². The fraction of sp³-hybridized carbons (Fsp3) is 0.450. The summed E-state index contributed by atoms with van der Waals surface area (Å²) in [5.74, 6) is 0.790. The van der Waals surface area contributed by atoms with E-state index in [1.165, 1.54) is 0 Å². The Hall–Kier alpha value is -2.67. The van der Waals surface area contributed by atoms with Crippen molar-refractivity contribution in [2.75, 3.05) is 25.0 Å². The van der Waals surface area contributed by atoms with Gasteiger partial charge in [0.25, 0.3) is 5.91 Å². The maximum absolute atomic E-state index is 12.4. The number of nitrogens with one attached hydrogen (secondary N) is 2. The molecular weight excluding hydrogens is 342 g/mol. The lowest BCUT2D eigenvalue weighted by Crippen LogP contribution is -2.32. The first-order chi connectivity index (χ1) is 13.0. The third-order valence-corrected chi connectivity index (χ3v) is 4.97. The Bertz CT molecular complexity index is 793. The lowest BCUT2D eigenvalue weighted by atomic mass is 10.1. The standard InChI is InChI=1S/C20H27N5O2/c1-4-21-19(26)17-9-10-25(13-17)12-15-5-7-16(8-6-15)20(27)23-18-14(2)11-22-24(18)3/h5-8,11,17H,4,9-10,12-13H2,1-3H3,(H,21,26)(H,23,27). The van der Waals surface area contributed by atoms with E-state index >= 15 is 0 Å². The monoisotopic (exact) mass is 369 g/mol. The molecule has 1 aliphatic heterocycles. The molecule has 1 aromatic carbocycles. The highest BCUT2D eigenvalue weighted by Gasteiger charge is 2.27. The Balaban J connectivity index is 1.56. The first-order valence-electron chi connectivity index (χ1n) is 9.37.